The van der Waals surface area contributed by atoms with Crippen molar-refractivity contribution in [1.29, 1.82) is 0 Å². The summed E-state index contributed by atoms with van der Waals surface area (Å²) < 4.78 is 48.1. The maximum Gasteiger partial charge on any atom is 0.339 e. The van der Waals surface area contributed by atoms with Gasteiger partial charge in [-0.1, -0.05) is 18.2 Å². The second kappa shape index (κ2) is 7.95. The number of benzene rings is 3. The van der Waals surface area contributed by atoms with Gasteiger partial charge >= 0.3 is 5.97 Å². The van der Waals surface area contributed by atoms with E-state index < -0.39 is 29.0 Å². The maximum absolute atomic E-state index is 13.8. The minimum atomic E-state index is -1.55. The average molecular weight is 451 g/mol. The van der Waals surface area contributed by atoms with Gasteiger partial charge in [0.15, 0.2) is 32.6 Å². The van der Waals surface area contributed by atoms with Crippen LogP contribution < -0.4 is 0 Å². The van der Waals surface area contributed by atoms with Crippen molar-refractivity contribution in [3.05, 3.63) is 113 Å². The molecule has 0 fully saturated rings. The lowest BCUT2D eigenvalue weighted by atomic mass is 9.92. The topological polar surface area (TPSA) is 26.3 Å². The van der Waals surface area contributed by atoms with E-state index in [1.807, 2.05) is 24.3 Å². The summed E-state index contributed by atoms with van der Waals surface area (Å²) in [4.78, 5) is 14.0. The van der Waals surface area contributed by atoms with E-state index >= 15 is 0 Å². The van der Waals surface area contributed by atoms with Gasteiger partial charge in [-0.05, 0) is 67.4 Å². The smallest absolute Gasteiger partial charge is 0.339 e. The number of hydrogen-bond acceptors (Lipinski definition) is 2. The highest BCUT2D eigenvalue weighted by molar-refractivity contribution is 7.43. The third-order valence-electron chi connectivity index (χ3n) is 5.70. The molecule has 1 aliphatic rings. The Kier molecular flexibility index (Phi) is 5.10. The second-order valence-electron chi connectivity index (χ2n) is 7.68. The molecule has 3 aromatic carbocycles. The number of hydrogen-bond donors (Lipinski definition) is 0. The standard InChI is InChI=1S/C26H18F3O2S/c27-21-15-19(16-22(28)24(21)29)26(12-3-4-13-26)31-25(30)18-7-9-20(10-8-18)32-14-11-17-5-1-2-6-23(17)32/h1-3,5-12,14-16H,4,13H2/q+1. The molecule has 0 saturated heterocycles. The number of thiophene rings is 1. The molecule has 1 aromatic heterocycles. The molecular formula is C26H18F3O2S+. The zero-order valence-corrected chi connectivity index (χ0v) is 17.7. The van der Waals surface area contributed by atoms with E-state index in [1.165, 1.54) is 10.1 Å². The van der Waals surface area contributed by atoms with Crippen LogP contribution in [0.2, 0.25) is 0 Å². The highest BCUT2D eigenvalue weighted by Crippen LogP contribution is 2.41. The van der Waals surface area contributed by atoms with Crippen molar-refractivity contribution in [1.82, 2.24) is 0 Å². The molecule has 160 valence electrons. The minimum absolute atomic E-state index is 0.0711. The number of ether oxygens (including phenoxy) is 1. The number of carbonyl (C=O) groups excluding carboxylic acids is 1. The molecule has 0 bridgehead atoms. The summed E-state index contributed by atoms with van der Waals surface area (Å²) in [5.74, 6) is -4.79. The monoisotopic (exact) mass is 451 g/mol. The van der Waals surface area contributed by atoms with Gasteiger partial charge in [0.25, 0.3) is 0 Å². The van der Waals surface area contributed by atoms with Crippen molar-refractivity contribution < 1.29 is 22.7 Å². The van der Waals surface area contributed by atoms with Crippen LogP contribution in [0.3, 0.4) is 0 Å². The van der Waals surface area contributed by atoms with Gasteiger partial charge in [-0.2, -0.15) is 0 Å². The number of rotatable bonds is 4. The van der Waals surface area contributed by atoms with Crippen LogP contribution in [0.25, 0.3) is 15.0 Å². The number of carbonyl (C=O) groups is 1. The predicted molar refractivity (Wildman–Crippen MR) is 120 cm³/mol. The fourth-order valence-corrected chi connectivity index (χ4v) is 5.92. The molecule has 0 spiro atoms. The van der Waals surface area contributed by atoms with Gasteiger partial charge < -0.3 is 4.74 Å². The van der Waals surface area contributed by atoms with Crippen LogP contribution in [0, 0.1) is 17.5 Å². The molecule has 32 heavy (non-hydrogen) atoms. The Balaban J connectivity index is 1.43. The predicted octanol–water partition coefficient (Wildman–Crippen LogP) is 7.40. The number of esters is 1. The summed E-state index contributed by atoms with van der Waals surface area (Å²) >= 11 is 0. The molecule has 2 unspecified atom stereocenters. The Morgan fingerprint density at radius 3 is 2.34 bits per heavy atom. The van der Waals surface area contributed by atoms with Crippen molar-refractivity contribution in [3.8, 4) is 4.90 Å². The van der Waals surface area contributed by atoms with Crippen LogP contribution in [-0.2, 0) is 10.3 Å². The molecule has 2 atom stereocenters. The Morgan fingerprint density at radius 1 is 0.938 bits per heavy atom. The summed E-state index contributed by atoms with van der Waals surface area (Å²) in [6, 6.07) is 19.2. The lowest BCUT2D eigenvalue weighted by molar-refractivity contribution is 0.00148. The Hall–Kier alpha value is -3.38. The van der Waals surface area contributed by atoms with Gasteiger partial charge in [0.05, 0.1) is 5.56 Å². The van der Waals surface area contributed by atoms with Gasteiger partial charge in [-0.25, -0.2) is 18.0 Å². The first-order chi connectivity index (χ1) is 15.5. The van der Waals surface area contributed by atoms with Gasteiger partial charge in [0, 0.05) is 27.5 Å². The summed E-state index contributed by atoms with van der Waals surface area (Å²) in [6.45, 7) is 0. The summed E-state index contributed by atoms with van der Waals surface area (Å²) in [5.41, 5.74) is -0.932. The third kappa shape index (κ3) is 3.50. The van der Waals surface area contributed by atoms with E-state index in [4.69, 9.17) is 4.74 Å². The number of halogens is 3. The van der Waals surface area contributed by atoms with E-state index in [2.05, 4.69) is 23.6 Å². The average Bonchev–Trinajstić information content (AvgIpc) is 3.45. The van der Waals surface area contributed by atoms with Gasteiger partial charge in [0.1, 0.15) is 5.38 Å². The molecule has 6 heteroatoms. The highest BCUT2D eigenvalue weighted by atomic mass is 32.2. The molecule has 5 rings (SSSR count). The van der Waals surface area contributed by atoms with Crippen LogP contribution in [-0.4, -0.2) is 5.97 Å². The first-order valence-electron chi connectivity index (χ1n) is 10.1. The molecule has 0 amide bonds. The summed E-state index contributed by atoms with van der Waals surface area (Å²) in [6.07, 6.45) is 4.28. The maximum atomic E-state index is 13.8. The molecule has 0 radical (unpaired) electrons. The molecule has 0 aliphatic heterocycles. The quantitative estimate of drug-likeness (QED) is 0.140. The fraction of sp³-hybridized carbons (Fsp3) is 0.115. The molecule has 1 heterocycles. The van der Waals surface area contributed by atoms with Gasteiger partial charge in [0.2, 0.25) is 0 Å². The van der Waals surface area contributed by atoms with Crippen molar-refractivity contribution in [3.63, 3.8) is 0 Å². The molecule has 0 saturated carbocycles. The molecule has 4 aromatic rings. The van der Waals surface area contributed by atoms with Gasteiger partial charge in [-0.3, -0.25) is 0 Å². The Labute approximate surface area is 185 Å². The minimum Gasteiger partial charge on any atom is -0.446 e. The molecule has 2 nitrogen and oxygen atoms in total. The summed E-state index contributed by atoms with van der Waals surface area (Å²) in [5, 5.41) is 3.33. The first kappa shape index (κ1) is 20.5. The zero-order chi connectivity index (χ0) is 22.3. The van der Waals surface area contributed by atoms with Crippen molar-refractivity contribution in [2.24, 2.45) is 0 Å². The second-order valence-corrected chi connectivity index (χ2v) is 9.54. The van der Waals surface area contributed by atoms with Crippen molar-refractivity contribution >= 4 is 26.5 Å². The largest absolute Gasteiger partial charge is 0.446 e. The third-order valence-corrected chi connectivity index (χ3v) is 7.73. The Morgan fingerprint density at radius 2 is 1.66 bits per heavy atom. The first-order valence-corrected chi connectivity index (χ1v) is 11.4. The summed E-state index contributed by atoms with van der Waals surface area (Å²) in [7, 11) is -0.199. The molecular weight excluding hydrogens is 433 g/mol. The van der Waals surface area contributed by atoms with Crippen LogP contribution >= 0.6 is 10.5 Å². The fourth-order valence-electron chi connectivity index (χ4n) is 4.04. The number of allylic oxidation sites excluding steroid dienone is 1. The van der Waals surface area contributed by atoms with Crippen LogP contribution in [0.1, 0.15) is 28.8 Å². The zero-order valence-electron chi connectivity index (χ0n) is 16.9. The van der Waals surface area contributed by atoms with E-state index in [0.29, 0.717) is 18.4 Å². The van der Waals surface area contributed by atoms with Crippen LogP contribution in [0.5, 0.6) is 0 Å². The normalized spacial score (nSPS) is 18.3. The van der Waals surface area contributed by atoms with Crippen molar-refractivity contribution in [2.45, 2.75) is 18.4 Å². The lowest BCUT2D eigenvalue weighted by Crippen LogP contribution is -2.29. The highest BCUT2D eigenvalue weighted by Gasteiger charge is 2.38. The SMILES string of the molecule is O=C(OC1(c2cc(F)c(F)c(F)c2)C=CCC1)c1ccc(-[s+]2ccc3ccccc32)cc1. The van der Waals surface area contributed by atoms with E-state index in [9.17, 15) is 18.0 Å². The van der Waals surface area contributed by atoms with Crippen molar-refractivity contribution in [2.75, 3.05) is 0 Å². The lowest BCUT2D eigenvalue weighted by Gasteiger charge is -2.28. The van der Waals surface area contributed by atoms with Crippen LogP contribution in [0.4, 0.5) is 13.2 Å². The van der Waals surface area contributed by atoms with Gasteiger partial charge in [-0.15, -0.1) is 0 Å². The number of fused-ring (bicyclic) bond motifs is 1. The van der Waals surface area contributed by atoms with Crippen LogP contribution in [0.15, 0.2) is 84.3 Å². The Bertz CT molecular complexity index is 1330. The molecule has 0 N–H and O–H groups in total. The van der Waals surface area contributed by atoms with E-state index in [-0.39, 0.29) is 16.0 Å². The molecule has 1 aliphatic carbocycles. The van der Waals surface area contributed by atoms with E-state index in [0.717, 1.165) is 17.0 Å². The van der Waals surface area contributed by atoms with E-state index in [1.54, 1.807) is 24.3 Å².